The van der Waals surface area contributed by atoms with Crippen molar-refractivity contribution in [1.82, 2.24) is 0 Å². The van der Waals surface area contributed by atoms with Crippen LogP contribution in [-0.4, -0.2) is 25.8 Å². The first-order valence-electron chi connectivity index (χ1n) is 6.53. The maximum absolute atomic E-state index is 9.78. The Morgan fingerprint density at radius 3 is 2.25 bits per heavy atom. The minimum atomic E-state index is 0.642. The minimum Gasteiger partial charge on any atom is -0.381 e. The molecular formula is C13H25NO2. The lowest BCUT2D eigenvalue weighted by Crippen LogP contribution is -1.96. The van der Waals surface area contributed by atoms with E-state index in [9.17, 15) is 4.79 Å². The van der Waals surface area contributed by atoms with Gasteiger partial charge < -0.3 is 4.74 Å². The van der Waals surface area contributed by atoms with Gasteiger partial charge in [-0.15, -0.1) is 0 Å². The Labute approximate surface area is 99.3 Å². The third kappa shape index (κ3) is 13.3. The molecule has 0 spiro atoms. The lowest BCUT2D eigenvalue weighted by atomic mass is 10.1. The number of aliphatic imine (C=N–C) groups is 1. The number of ether oxygens (including phenoxy) is 1. The summed E-state index contributed by atoms with van der Waals surface area (Å²) >= 11 is 0. The molecule has 0 saturated heterocycles. The molecular weight excluding hydrogens is 202 g/mol. The SMILES string of the molecule is CCCCOCCCCCCCCN=C=O. The van der Waals surface area contributed by atoms with Crippen LogP contribution in [0.5, 0.6) is 0 Å². The molecule has 0 atom stereocenters. The van der Waals surface area contributed by atoms with Crippen molar-refractivity contribution in [3.05, 3.63) is 0 Å². The maximum atomic E-state index is 9.78. The van der Waals surface area contributed by atoms with E-state index in [4.69, 9.17) is 4.74 Å². The van der Waals surface area contributed by atoms with E-state index in [1.54, 1.807) is 6.08 Å². The molecule has 0 aromatic heterocycles. The molecule has 0 fully saturated rings. The van der Waals surface area contributed by atoms with Gasteiger partial charge in [0.25, 0.3) is 0 Å². The highest BCUT2D eigenvalue weighted by atomic mass is 16.5. The highest BCUT2D eigenvalue weighted by Gasteiger charge is 1.92. The molecule has 0 radical (unpaired) electrons. The monoisotopic (exact) mass is 227 g/mol. The lowest BCUT2D eigenvalue weighted by molar-refractivity contribution is 0.127. The molecule has 0 amide bonds. The third-order valence-corrected chi connectivity index (χ3v) is 2.52. The molecule has 3 heteroatoms. The maximum Gasteiger partial charge on any atom is 0.234 e. The van der Waals surface area contributed by atoms with Gasteiger partial charge in [0.2, 0.25) is 6.08 Å². The molecule has 0 N–H and O–H groups in total. The quantitative estimate of drug-likeness (QED) is 0.291. The zero-order valence-electron chi connectivity index (χ0n) is 10.5. The number of isocyanates is 1. The summed E-state index contributed by atoms with van der Waals surface area (Å²) < 4.78 is 5.48. The summed E-state index contributed by atoms with van der Waals surface area (Å²) in [6, 6.07) is 0. The van der Waals surface area contributed by atoms with E-state index in [-0.39, 0.29) is 0 Å². The van der Waals surface area contributed by atoms with Crippen LogP contribution < -0.4 is 0 Å². The van der Waals surface area contributed by atoms with E-state index in [0.717, 1.165) is 19.6 Å². The zero-order chi connectivity index (χ0) is 11.9. The van der Waals surface area contributed by atoms with Gasteiger partial charge >= 0.3 is 0 Å². The number of hydrogen-bond acceptors (Lipinski definition) is 3. The van der Waals surface area contributed by atoms with Crippen LogP contribution in [-0.2, 0) is 9.53 Å². The minimum absolute atomic E-state index is 0.642. The number of carbonyl (C=O) groups excluding carboxylic acids is 1. The van der Waals surface area contributed by atoms with E-state index in [0.29, 0.717) is 6.54 Å². The standard InChI is InChI=1S/C13H25NO2/c1-2-3-11-16-12-9-7-5-4-6-8-10-14-13-15/h2-12H2,1H3. The topological polar surface area (TPSA) is 38.7 Å². The van der Waals surface area contributed by atoms with Crippen LogP contribution in [0, 0.1) is 0 Å². The van der Waals surface area contributed by atoms with Crippen LogP contribution in [0.15, 0.2) is 4.99 Å². The molecule has 0 saturated carbocycles. The van der Waals surface area contributed by atoms with Crippen molar-refractivity contribution >= 4 is 6.08 Å². The Morgan fingerprint density at radius 1 is 0.938 bits per heavy atom. The van der Waals surface area contributed by atoms with Crippen molar-refractivity contribution in [3.63, 3.8) is 0 Å². The molecule has 0 aliphatic rings. The van der Waals surface area contributed by atoms with E-state index >= 15 is 0 Å². The second kappa shape index (κ2) is 14.3. The third-order valence-electron chi connectivity index (χ3n) is 2.52. The summed E-state index contributed by atoms with van der Waals surface area (Å²) in [5, 5.41) is 0. The highest BCUT2D eigenvalue weighted by molar-refractivity contribution is 5.32. The van der Waals surface area contributed by atoms with Crippen LogP contribution in [0.2, 0.25) is 0 Å². The van der Waals surface area contributed by atoms with Gasteiger partial charge in [-0.05, 0) is 19.3 Å². The van der Waals surface area contributed by atoms with Crippen molar-refractivity contribution < 1.29 is 9.53 Å². The van der Waals surface area contributed by atoms with E-state index < -0.39 is 0 Å². The average molecular weight is 227 g/mol. The van der Waals surface area contributed by atoms with E-state index in [1.165, 1.54) is 44.9 Å². The Hall–Kier alpha value is -0.660. The van der Waals surface area contributed by atoms with Crippen molar-refractivity contribution in [2.45, 2.75) is 58.3 Å². The number of hydrogen-bond donors (Lipinski definition) is 0. The van der Waals surface area contributed by atoms with E-state index in [2.05, 4.69) is 11.9 Å². The second-order valence-electron chi connectivity index (χ2n) is 4.06. The van der Waals surface area contributed by atoms with Crippen LogP contribution in [0.1, 0.15) is 58.3 Å². The molecule has 94 valence electrons. The van der Waals surface area contributed by atoms with Gasteiger partial charge in [-0.25, -0.2) is 9.79 Å². The van der Waals surface area contributed by atoms with Crippen LogP contribution in [0.4, 0.5) is 0 Å². The summed E-state index contributed by atoms with van der Waals surface area (Å²) in [6.07, 6.45) is 11.1. The average Bonchev–Trinajstić information content (AvgIpc) is 2.31. The Balaban J connectivity index is 2.90. The molecule has 0 aromatic carbocycles. The molecule has 0 rings (SSSR count). The van der Waals surface area contributed by atoms with E-state index in [1.807, 2.05) is 0 Å². The van der Waals surface area contributed by atoms with Gasteiger partial charge in [-0.1, -0.05) is 39.0 Å². The summed E-state index contributed by atoms with van der Waals surface area (Å²) in [4.78, 5) is 13.3. The van der Waals surface area contributed by atoms with Gasteiger partial charge in [-0.2, -0.15) is 0 Å². The van der Waals surface area contributed by atoms with Crippen molar-refractivity contribution in [2.24, 2.45) is 4.99 Å². The Bertz CT molecular complexity index is 177. The fraction of sp³-hybridized carbons (Fsp3) is 0.923. The summed E-state index contributed by atoms with van der Waals surface area (Å²) in [5.74, 6) is 0. The zero-order valence-corrected chi connectivity index (χ0v) is 10.5. The summed E-state index contributed by atoms with van der Waals surface area (Å²) in [5.41, 5.74) is 0. The van der Waals surface area contributed by atoms with Gasteiger partial charge in [0.05, 0.1) is 6.54 Å². The predicted molar refractivity (Wildman–Crippen MR) is 66.4 cm³/mol. The van der Waals surface area contributed by atoms with Gasteiger partial charge in [0.1, 0.15) is 0 Å². The molecule has 0 aliphatic carbocycles. The largest absolute Gasteiger partial charge is 0.381 e. The first-order chi connectivity index (χ1) is 7.91. The van der Waals surface area contributed by atoms with Gasteiger partial charge in [-0.3, -0.25) is 0 Å². The smallest absolute Gasteiger partial charge is 0.234 e. The lowest BCUT2D eigenvalue weighted by Gasteiger charge is -2.03. The number of unbranched alkanes of at least 4 members (excludes halogenated alkanes) is 6. The van der Waals surface area contributed by atoms with Crippen LogP contribution in [0.25, 0.3) is 0 Å². The molecule has 3 nitrogen and oxygen atoms in total. The van der Waals surface area contributed by atoms with Crippen molar-refractivity contribution in [3.8, 4) is 0 Å². The highest BCUT2D eigenvalue weighted by Crippen LogP contribution is 2.05. The molecule has 16 heavy (non-hydrogen) atoms. The normalized spacial score (nSPS) is 10.1. The molecule has 0 heterocycles. The van der Waals surface area contributed by atoms with Crippen LogP contribution >= 0.6 is 0 Å². The Kier molecular flexibility index (Phi) is 13.7. The molecule has 0 aliphatic heterocycles. The van der Waals surface area contributed by atoms with Gasteiger partial charge in [0.15, 0.2) is 0 Å². The number of nitrogens with zero attached hydrogens (tertiary/aromatic N) is 1. The fourth-order valence-corrected chi connectivity index (χ4v) is 1.50. The van der Waals surface area contributed by atoms with Gasteiger partial charge in [0, 0.05) is 13.2 Å². The second-order valence-corrected chi connectivity index (χ2v) is 4.06. The summed E-state index contributed by atoms with van der Waals surface area (Å²) in [6.45, 7) is 4.65. The predicted octanol–water partition coefficient (Wildman–Crippen LogP) is 3.48. The molecule has 0 bridgehead atoms. The first kappa shape index (κ1) is 15.3. The van der Waals surface area contributed by atoms with Crippen LogP contribution in [0.3, 0.4) is 0 Å². The first-order valence-corrected chi connectivity index (χ1v) is 6.53. The van der Waals surface area contributed by atoms with Crippen molar-refractivity contribution in [1.29, 1.82) is 0 Å². The number of rotatable bonds is 12. The summed E-state index contributed by atoms with van der Waals surface area (Å²) in [7, 11) is 0. The Morgan fingerprint density at radius 2 is 1.56 bits per heavy atom. The van der Waals surface area contributed by atoms with Crippen molar-refractivity contribution in [2.75, 3.05) is 19.8 Å². The fourth-order valence-electron chi connectivity index (χ4n) is 1.50. The molecule has 0 unspecified atom stereocenters. The molecule has 0 aromatic rings.